The van der Waals surface area contributed by atoms with Crippen molar-refractivity contribution >= 4 is 17.4 Å². The van der Waals surface area contributed by atoms with Gasteiger partial charge in [0.15, 0.2) is 5.78 Å². The van der Waals surface area contributed by atoms with Gasteiger partial charge in [-0.1, -0.05) is 23.7 Å². The quantitative estimate of drug-likeness (QED) is 0.765. The molecule has 0 amide bonds. The standard InChI is InChI=1S/C12H11ClN2O/c1-15-6-5-11(14-15)12(16)8-9-3-2-4-10(13)7-9/h2-7H,8H2,1H3. The molecule has 0 atom stereocenters. The highest BCUT2D eigenvalue weighted by atomic mass is 35.5. The van der Waals surface area contributed by atoms with Gasteiger partial charge in [-0.2, -0.15) is 5.10 Å². The van der Waals surface area contributed by atoms with Gasteiger partial charge in [0.2, 0.25) is 0 Å². The largest absolute Gasteiger partial charge is 0.292 e. The third kappa shape index (κ3) is 2.49. The Labute approximate surface area is 98.7 Å². The molecule has 1 heterocycles. The van der Waals surface area contributed by atoms with Crippen LogP contribution in [0.25, 0.3) is 0 Å². The molecule has 2 rings (SSSR count). The summed E-state index contributed by atoms with van der Waals surface area (Å²) in [6.45, 7) is 0. The molecule has 2 aromatic rings. The van der Waals surface area contributed by atoms with E-state index < -0.39 is 0 Å². The molecule has 0 saturated heterocycles. The van der Waals surface area contributed by atoms with Crippen molar-refractivity contribution in [3.63, 3.8) is 0 Å². The first-order valence-electron chi connectivity index (χ1n) is 4.92. The van der Waals surface area contributed by atoms with Gasteiger partial charge >= 0.3 is 0 Å². The monoisotopic (exact) mass is 234 g/mol. The molecule has 0 bridgehead atoms. The summed E-state index contributed by atoms with van der Waals surface area (Å²) in [5, 5.41) is 4.71. The Morgan fingerprint density at radius 2 is 2.25 bits per heavy atom. The number of aromatic nitrogens is 2. The van der Waals surface area contributed by atoms with Crippen LogP contribution in [0, 0.1) is 0 Å². The third-order valence-electron chi connectivity index (χ3n) is 2.25. The van der Waals surface area contributed by atoms with Crippen LogP contribution in [0.3, 0.4) is 0 Å². The second-order valence-electron chi connectivity index (χ2n) is 3.60. The van der Waals surface area contributed by atoms with Crippen LogP contribution >= 0.6 is 11.6 Å². The summed E-state index contributed by atoms with van der Waals surface area (Å²) >= 11 is 5.85. The van der Waals surface area contributed by atoms with Gasteiger partial charge < -0.3 is 0 Å². The summed E-state index contributed by atoms with van der Waals surface area (Å²) in [5.74, 6) is 0.00265. The highest BCUT2D eigenvalue weighted by Crippen LogP contribution is 2.12. The van der Waals surface area contributed by atoms with Crippen molar-refractivity contribution in [1.29, 1.82) is 0 Å². The molecule has 0 aliphatic rings. The summed E-state index contributed by atoms with van der Waals surface area (Å²) in [6.07, 6.45) is 2.09. The van der Waals surface area contributed by atoms with E-state index in [0.29, 0.717) is 17.1 Å². The SMILES string of the molecule is Cn1ccc(C(=O)Cc2cccc(Cl)c2)n1. The van der Waals surface area contributed by atoms with Crippen molar-refractivity contribution in [2.75, 3.05) is 0 Å². The molecule has 4 heteroatoms. The summed E-state index contributed by atoms with van der Waals surface area (Å²) in [7, 11) is 1.79. The fourth-order valence-electron chi connectivity index (χ4n) is 1.49. The van der Waals surface area contributed by atoms with Gasteiger partial charge in [-0.25, -0.2) is 0 Å². The topological polar surface area (TPSA) is 34.9 Å². The second kappa shape index (κ2) is 4.49. The maximum absolute atomic E-state index is 11.8. The zero-order chi connectivity index (χ0) is 11.5. The van der Waals surface area contributed by atoms with E-state index in [1.807, 2.05) is 12.1 Å². The molecule has 0 fully saturated rings. The molecular weight excluding hydrogens is 224 g/mol. The lowest BCUT2D eigenvalue weighted by atomic mass is 10.1. The smallest absolute Gasteiger partial charge is 0.187 e. The number of hydrogen-bond acceptors (Lipinski definition) is 2. The predicted octanol–water partition coefficient (Wildman–Crippen LogP) is 2.50. The van der Waals surface area contributed by atoms with Gasteiger partial charge in [-0.15, -0.1) is 0 Å². The van der Waals surface area contributed by atoms with Crippen LogP contribution in [0.15, 0.2) is 36.5 Å². The fraction of sp³-hybridized carbons (Fsp3) is 0.167. The van der Waals surface area contributed by atoms with Crippen molar-refractivity contribution in [3.8, 4) is 0 Å². The highest BCUT2D eigenvalue weighted by molar-refractivity contribution is 6.30. The number of Topliss-reactive ketones (excluding diaryl/α,β-unsaturated/α-hetero) is 1. The molecule has 0 saturated carbocycles. The minimum absolute atomic E-state index is 0.00265. The molecule has 0 radical (unpaired) electrons. The summed E-state index contributed by atoms with van der Waals surface area (Å²) in [6, 6.07) is 9.02. The lowest BCUT2D eigenvalue weighted by Gasteiger charge is -1.99. The molecule has 0 N–H and O–H groups in total. The minimum atomic E-state index is 0.00265. The fourth-order valence-corrected chi connectivity index (χ4v) is 1.70. The molecule has 0 aliphatic carbocycles. The second-order valence-corrected chi connectivity index (χ2v) is 4.04. The van der Waals surface area contributed by atoms with Crippen molar-refractivity contribution in [2.45, 2.75) is 6.42 Å². The normalized spacial score (nSPS) is 10.4. The van der Waals surface area contributed by atoms with Gasteiger partial charge in [0.1, 0.15) is 5.69 Å². The molecule has 1 aromatic carbocycles. The predicted molar refractivity (Wildman–Crippen MR) is 62.7 cm³/mol. The van der Waals surface area contributed by atoms with Crippen molar-refractivity contribution in [1.82, 2.24) is 9.78 Å². The van der Waals surface area contributed by atoms with Crippen molar-refractivity contribution < 1.29 is 4.79 Å². The van der Waals surface area contributed by atoms with E-state index >= 15 is 0 Å². The number of aryl methyl sites for hydroxylation is 1. The number of carbonyl (C=O) groups is 1. The van der Waals surface area contributed by atoms with Gasteiger partial charge in [-0.05, 0) is 23.8 Å². The van der Waals surface area contributed by atoms with Crippen LogP contribution in [0.4, 0.5) is 0 Å². The molecule has 0 spiro atoms. The molecule has 1 aromatic heterocycles. The van der Waals surface area contributed by atoms with Gasteiger partial charge in [0.25, 0.3) is 0 Å². The number of benzene rings is 1. The van der Waals surface area contributed by atoms with E-state index in [4.69, 9.17) is 11.6 Å². The van der Waals surface area contributed by atoms with Gasteiger partial charge in [0, 0.05) is 24.7 Å². The van der Waals surface area contributed by atoms with Crippen LogP contribution in [-0.2, 0) is 13.5 Å². The molecule has 82 valence electrons. The first-order chi connectivity index (χ1) is 7.65. The Morgan fingerprint density at radius 1 is 1.44 bits per heavy atom. The summed E-state index contributed by atoms with van der Waals surface area (Å²) in [4.78, 5) is 11.8. The maximum atomic E-state index is 11.8. The van der Waals surface area contributed by atoms with E-state index in [2.05, 4.69) is 5.10 Å². The van der Waals surface area contributed by atoms with E-state index in [0.717, 1.165) is 5.56 Å². The Bertz CT molecular complexity index is 519. The van der Waals surface area contributed by atoms with Crippen LogP contribution in [0.2, 0.25) is 5.02 Å². The zero-order valence-electron chi connectivity index (χ0n) is 8.85. The Morgan fingerprint density at radius 3 is 2.88 bits per heavy atom. The number of rotatable bonds is 3. The Kier molecular flexibility index (Phi) is 3.06. The molecular formula is C12H11ClN2O. The van der Waals surface area contributed by atoms with Gasteiger partial charge in [-0.3, -0.25) is 9.48 Å². The highest BCUT2D eigenvalue weighted by Gasteiger charge is 2.09. The van der Waals surface area contributed by atoms with E-state index in [-0.39, 0.29) is 5.78 Å². The van der Waals surface area contributed by atoms with Crippen LogP contribution in [0.5, 0.6) is 0 Å². The molecule has 0 unspecified atom stereocenters. The average Bonchev–Trinajstić information content (AvgIpc) is 2.65. The minimum Gasteiger partial charge on any atom is -0.292 e. The first kappa shape index (κ1) is 10.9. The van der Waals surface area contributed by atoms with Gasteiger partial charge in [0.05, 0.1) is 0 Å². The Hall–Kier alpha value is -1.61. The van der Waals surface area contributed by atoms with Crippen molar-refractivity contribution in [2.24, 2.45) is 7.05 Å². The average molecular weight is 235 g/mol. The first-order valence-corrected chi connectivity index (χ1v) is 5.30. The number of ketones is 1. The van der Waals surface area contributed by atoms with E-state index in [1.54, 1.807) is 36.1 Å². The molecule has 3 nitrogen and oxygen atoms in total. The Balaban J connectivity index is 2.13. The van der Waals surface area contributed by atoms with Crippen LogP contribution in [-0.4, -0.2) is 15.6 Å². The number of nitrogens with zero attached hydrogens (tertiary/aromatic N) is 2. The third-order valence-corrected chi connectivity index (χ3v) is 2.49. The van der Waals surface area contributed by atoms with E-state index in [1.165, 1.54) is 0 Å². The lowest BCUT2D eigenvalue weighted by molar-refractivity contribution is 0.0987. The van der Waals surface area contributed by atoms with Crippen molar-refractivity contribution in [3.05, 3.63) is 52.8 Å². The van der Waals surface area contributed by atoms with E-state index in [9.17, 15) is 4.79 Å². The zero-order valence-corrected chi connectivity index (χ0v) is 9.61. The van der Waals surface area contributed by atoms with Crippen LogP contribution in [0.1, 0.15) is 16.1 Å². The summed E-state index contributed by atoms with van der Waals surface area (Å²) < 4.78 is 1.62. The number of carbonyl (C=O) groups excluding carboxylic acids is 1. The molecule has 0 aliphatic heterocycles. The molecule has 16 heavy (non-hydrogen) atoms. The number of halogens is 1. The number of hydrogen-bond donors (Lipinski definition) is 0. The van der Waals surface area contributed by atoms with Crippen LogP contribution < -0.4 is 0 Å². The summed E-state index contributed by atoms with van der Waals surface area (Å²) in [5.41, 5.74) is 1.39. The lowest BCUT2D eigenvalue weighted by Crippen LogP contribution is -2.05. The maximum Gasteiger partial charge on any atom is 0.187 e.